The zero-order valence-electron chi connectivity index (χ0n) is 10.4. The number of carbonyl (C=O) groups excluding carboxylic acids is 1. The van der Waals surface area contributed by atoms with Crippen LogP contribution in [0.2, 0.25) is 0 Å². The van der Waals surface area contributed by atoms with Crippen molar-refractivity contribution in [2.24, 2.45) is 0 Å². The Hall–Kier alpha value is -1.76. The van der Waals surface area contributed by atoms with E-state index in [1.54, 1.807) is 13.8 Å². The third-order valence-electron chi connectivity index (χ3n) is 2.18. The molecule has 1 aromatic rings. The second-order valence-electron chi connectivity index (χ2n) is 4.57. The SMILES string of the molecule is CC(C)(CO)NC(=O)c1cccc(OC(F)(F)F)c1. The van der Waals surface area contributed by atoms with Gasteiger partial charge in [-0.3, -0.25) is 4.79 Å². The van der Waals surface area contributed by atoms with E-state index in [1.165, 1.54) is 12.1 Å². The van der Waals surface area contributed by atoms with E-state index in [2.05, 4.69) is 10.1 Å². The number of nitrogens with one attached hydrogen (secondary N) is 1. The quantitative estimate of drug-likeness (QED) is 0.886. The molecule has 1 rings (SSSR count). The van der Waals surface area contributed by atoms with Crippen LogP contribution in [0.3, 0.4) is 0 Å². The Morgan fingerprint density at radius 1 is 1.37 bits per heavy atom. The van der Waals surface area contributed by atoms with Gasteiger partial charge in [0.15, 0.2) is 0 Å². The van der Waals surface area contributed by atoms with Gasteiger partial charge in [0.2, 0.25) is 0 Å². The monoisotopic (exact) mass is 277 g/mol. The van der Waals surface area contributed by atoms with Gasteiger partial charge in [0.25, 0.3) is 5.91 Å². The Balaban J connectivity index is 2.85. The first-order valence-electron chi connectivity index (χ1n) is 5.42. The van der Waals surface area contributed by atoms with Gasteiger partial charge >= 0.3 is 6.36 Å². The number of alkyl halides is 3. The van der Waals surface area contributed by atoms with Gasteiger partial charge in [-0.25, -0.2) is 0 Å². The van der Waals surface area contributed by atoms with Crippen molar-refractivity contribution in [1.29, 1.82) is 0 Å². The van der Waals surface area contributed by atoms with E-state index in [4.69, 9.17) is 5.11 Å². The number of rotatable bonds is 4. The number of benzene rings is 1. The molecule has 2 N–H and O–H groups in total. The molecule has 0 heterocycles. The lowest BCUT2D eigenvalue weighted by molar-refractivity contribution is -0.274. The van der Waals surface area contributed by atoms with E-state index in [-0.39, 0.29) is 12.2 Å². The maximum atomic E-state index is 12.0. The van der Waals surface area contributed by atoms with Crippen LogP contribution in [0.5, 0.6) is 5.75 Å². The second-order valence-corrected chi connectivity index (χ2v) is 4.57. The summed E-state index contributed by atoms with van der Waals surface area (Å²) >= 11 is 0. The molecule has 1 amide bonds. The molecule has 0 saturated carbocycles. The first-order chi connectivity index (χ1) is 8.63. The van der Waals surface area contributed by atoms with Crippen molar-refractivity contribution in [2.45, 2.75) is 25.7 Å². The maximum Gasteiger partial charge on any atom is 0.573 e. The molecule has 1 aromatic carbocycles. The predicted molar refractivity (Wildman–Crippen MR) is 61.8 cm³/mol. The molecular formula is C12H14F3NO3. The highest BCUT2D eigenvalue weighted by molar-refractivity contribution is 5.95. The largest absolute Gasteiger partial charge is 0.573 e. The number of aliphatic hydroxyl groups excluding tert-OH is 1. The molecule has 0 unspecified atom stereocenters. The van der Waals surface area contributed by atoms with Gasteiger partial charge in [-0.1, -0.05) is 6.07 Å². The maximum absolute atomic E-state index is 12.0. The van der Waals surface area contributed by atoms with Crippen LogP contribution in [0, 0.1) is 0 Å². The molecule has 0 fully saturated rings. The lowest BCUT2D eigenvalue weighted by Gasteiger charge is -2.23. The van der Waals surface area contributed by atoms with E-state index in [0.29, 0.717) is 0 Å². The van der Waals surface area contributed by atoms with Crippen molar-refractivity contribution < 1.29 is 27.8 Å². The Morgan fingerprint density at radius 3 is 2.53 bits per heavy atom. The lowest BCUT2D eigenvalue weighted by Crippen LogP contribution is -2.46. The number of aliphatic hydroxyl groups is 1. The molecule has 19 heavy (non-hydrogen) atoms. The fraction of sp³-hybridized carbons (Fsp3) is 0.417. The number of ether oxygens (including phenoxy) is 1. The van der Waals surface area contributed by atoms with Gasteiger partial charge in [-0.2, -0.15) is 0 Å². The van der Waals surface area contributed by atoms with Gasteiger partial charge in [0.05, 0.1) is 12.1 Å². The van der Waals surface area contributed by atoms with Crippen LogP contribution in [-0.2, 0) is 0 Å². The molecule has 0 spiro atoms. The highest BCUT2D eigenvalue weighted by atomic mass is 19.4. The van der Waals surface area contributed by atoms with Crippen LogP contribution >= 0.6 is 0 Å². The van der Waals surface area contributed by atoms with Gasteiger partial charge in [-0.05, 0) is 32.0 Å². The molecule has 0 bridgehead atoms. The van der Waals surface area contributed by atoms with Crippen LogP contribution in [0.1, 0.15) is 24.2 Å². The Kier molecular flexibility index (Phi) is 4.41. The van der Waals surface area contributed by atoms with Gasteiger partial charge in [0.1, 0.15) is 5.75 Å². The third-order valence-corrected chi connectivity index (χ3v) is 2.18. The molecule has 0 atom stereocenters. The summed E-state index contributed by atoms with van der Waals surface area (Å²) in [6, 6.07) is 4.71. The lowest BCUT2D eigenvalue weighted by atomic mass is 10.1. The van der Waals surface area contributed by atoms with Gasteiger partial charge < -0.3 is 15.2 Å². The predicted octanol–water partition coefficient (Wildman–Crippen LogP) is 2.09. The minimum atomic E-state index is -4.81. The third kappa shape index (κ3) is 5.17. The normalized spacial score (nSPS) is 12.1. The summed E-state index contributed by atoms with van der Waals surface area (Å²) in [4.78, 5) is 11.8. The zero-order valence-corrected chi connectivity index (χ0v) is 10.4. The number of carbonyl (C=O) groups is 1. The minimum Gasteiger partial charge on any atom is -0.406 e. The summed E-state index contributed by atoms with van der Waals surface area (Å²) in [6.45, 7) is 2.87. The van der Waals surface area contributed by atoms with Crippen LogP contribution in [0.15, 0.2) is 24.3 Å². The molecule has 7 heteroatoms. The molecule has 106 valence electrons. The smallest absolute Gasteiger partial charge is 0.406 e. The molecule has 0 radical (unpaired) electrons. The number of halogens is 3. The summed E-state index contributed by atoms with van der Waals surface area (Å²) in [6.07, 6.45) is -4.81. The average molecular weight is 277 g/mol. The summed E-state index contributed by atoms with van der Waals surface area (Å²) < 4.78 is 39.9. The summed E-state index contributed by atoms with van der Waals surface area (Å²) in [5.41, 5.74) is -0.846. The molecule has 4 nitrogen and oxygen atoms in total. The van der Waals surface area contributed by atoms with Crippen LogP contribution in [-0.4, -0.2) is 29.5 Å². The van der Waals surface area contributed by atoms with Gasteiger partial charge in [-0.15, -0.1) is 13.2 Å². The highest BCUT2D eigenvalue weighted by Crippen LogP contribution is 2.23. The van der Waals surface area contributed by atoms with Crippen molar-refractivity contribution in [3.8, 4) is 5.75 Å². The van der Waals surface area contributed by atoms with E-state index in [0.717, 1.165) is 12.1 Å². The van der Waals surface area contributed by atoms with Crippen molar-refractivity contribution in [3.63, 3.8) is 0 Å². The van der Waals surface area contributed by atoms with Crippen molar-refractivity contribution in [2.75, 3.05) is 6.61 Å². The van der Waals surface area contributed by atoms with Crippen molar-refractivity contribution in [1.82, 2.24) is 5.32 Å². The van der Waals surface area contributed by atoms with E-state index in [1.807, 2.05) is 0 Å². The minimum absolute atomic E-state index is 0.0169. The molecule has 0 aliphatic rings. The summed E-state index contributed by atoms with van der Waals surface area (Å²) in [5, 5.41) is 11.5. The Morgan fingerprint density at radius 2 is 2.00 bits per heavy atom. The average Bonchev–Trinajstić information content (AvgIpc) is 2.26. The van der Waals surface area contributed by atoms with E-state index >= 15 is 0 Å². The molecule has 0 saturated heterocycles. The fourth-order valence-electron chi connectivity index (χ4n) is 1.25. The topological polar surface area (TPSA) is 58.6 Å². The number of amides is 1. The van der Waals surface area contributed by atoms with Crippen LogP contribution < -0.4 is 10.1 Å². The van der Waals surface area contributed by atoms with Crippen LogP contribution in [0.25, 0.3) is 0 Å². The van der Waals surface area contributed by atoms with E-state index < -0.39 is 23.6 Å². The standard InChI is InChI=1S/C12H14F3NO3/c1-11(2,7-17)16-10(18)8-4-3-5-9(6-8)19-12(13,14)15/h3-6,17H,7H2,1-2H3,(H,16,18). The first kappa shape index (κ1) is 15.3. The van der Waals surface area contributed by atoms with Crippen molar-refractivity contribution >= 4 is 5.91 Å². The molecule has 0 aromatic heterocycles. The zero-order chi connectivity index (χ0) is 14.7. The van der Waals surface area contributed by atoms with E-state index in [9.17, 15) is 18.0 Å². The molecule has 0 aliphatic carbocycles. The Labute approximate surface area is 108 Å². The van der Waals surface area contributed by atoms with Gasteiger partial charge in [0, 0.05) is 5.56 Å². The number of hydrogen-bond acceptors (Lipinski definition) is 3. The molecule has 0 aliphatic heterocycles. The number of hydrogen-bond donors (Lipinski definition) is 2. The first-order valence-corrected chi connectivity index (χ1v) is 5.42. The van der Waals surface area contributed by atoms with Crippen LogP contribution in [0.4, 0.5) is 13.2 Å². The summed E-state index contributed by atoms with van der Waals surface area (Å²) in [7, 11) is 0. The summed E-state index contributed by atoms with van der Waals surface area (Å²) in [5.74, 6) is -1.06. The highest BCUT2D eigenvalue weighted by Gasteiger charge is 2.31. The second kappa shape index (κ2) is 5.48. The van der Waals surface area contributed by atoms with Crippen molar-refractivity contribution in [3.05, 3.63) is 29.8 Å². The fourth-order valence-corrected chi connectivity index (χ4v) is 1.25. The Bertz CT molecular complexity index is 458. The molecular weight excluding hydrogens is 263 g/mol.